The molecule has 0 bridgehead atoms. The number of benzene rings is 1. The van der Waals surface area contributed by atoms with Gasteiger partial charge in [-0.2, -0.15) is 5.10 Å². The summed E-state index contributed by atoms with van der Waals surface area (Å²) in [6, 6.07) is 6.57. The van der Waals surface area contributed by atoms with Crippen molar-refractivity contribution in [3.8, 4) is 0 Å². The SMILES string of the molecule is CN(C)/N=C\C=C\c1ccccc1[N+](=O)[O-]. The van der Waals surface area contributed by atoms with Crippen LogP contribution >= 0.6 is 0 Å². The minimum absolute atomic E-state index is 0.0944. The third kappa shape index (κ3) is 3.53. The molecule has 0 radical (unpaired) electrons. The highest BCUT2D eigenvalue weighted by Crippen LogP contribution is 2.18. The van der Waals surface area contributed by atoms with Crippen molar-refractivity contribution in [3.05, 3.63) is 46.0 Å². The summed E-state index contributed by atoms with van der Waals surface area (Å²) in [6.07, 6.45) is 4.91. The molecule has 0 aliphatic rings. The van der Waals surface area contributed by atoms with Gasteiger partial charge in [-0.05, 0) is 18.2 Å². The van der Waals surface area contributed by atoms with E-state index in [1.165, 1.54) is 6.07 Å². The van der Waals surface area contributed by atoms with Crippen molar-refractivity contribution in [2.75, 3.05) is 14.1 Å². The first-order chi connectivity index (χ1) is 7.61. The molecular weight excluding hydrogens is 206 g/mol. The summed E-state index contributed by atoms with van der Waals surface area (Å²) in [4.78, 5) is 10.3. The molecule has 5 nitrogen and oxygen atoms in total. The highest BCUT2D eigenvalue weighted by Gasteiger charge is 2.08. The Morgan fingerprint density at radius 3 is 2.69 bits per heavy atom. The van der Waals surface area contributed by atoms with Crippen molar-refractivity contribution in [1.29, 1.82) is 0 Å². The Labute approximate surface area is 93.8 Å². The molecule has 84 valence electrons. The maximum absolute atomic E-state index is 10.7. The summed E-state index contributed by atoms with van der Waals surface area (Å²) < 4.78 is 0. The van der Waals surface area contributed by atoms with Gasteiger partial charge in [-0.15, -0.1) is 0 Å². The molecule has 0 aliphatic carbocycles. The van der Waals surface area contributed by atoms with Crippen LogP contribution < -0.4 is 0 Å². The molecule has 0 N–H and O–H groups in total. The van der Waals surface area contributed by atoms with Crippen LogP contribution in [-0.2, 0) is 0 Å². The maximum atomic E-state index is 10.7. The molecule has 5 heteroatoms. The number of nitro benzene ring substituents is 1. The van der Waals surface area contributed by atoms with Gasteiger partial charge in [0.1, 0.15) is 0 Å². The first kappa shape index (κ1) is 11.9. The molecule has 0 saturated carbocycles. The van der Waals surface area contributed by atoms with Gasteiger partial charge in [0.05, 0.1) is 10.5 Å². The Morgan fingerprint density at radius 2 is 2.06 bits per heavy atom. The van der Waals surface area contributed by atoms with Crippen molar-refractivity contribution < 1.29 is 4.92 Å². The van der Waals surface area contributed by atoms with Crippen LogP contribution in [-0.4, -0.2) is 30.2 Å². The maximum Gasteiger partial charge on any atom is 0.276 e. The lowest BCUT2D eigenvalue weighted by Gasteiger charge is -2.00. The quantitative estimate of drug-likeness (QED) is 0.443. The largest absolute Gasteiger partial charge is 0.303 e. The summed E-state index contributed by atoms with van der Waals surface area (Å²) in [7, 11) is 3.60. The van der Waals surface area contributed by atoms with Crippen molar-refractivity contribution in [2.24, 2.45) is 5.10 Å². The van der Waals surface area contributed by atoms with Crippen LogP contribution in [0.5, 0.6) is 0 Å². The molecule has 1 rings (SSSR count). The second-order valence-corrected chi connectivity index (χ2v) is 3.29. The van der Waals surface area contributed by atoms with Crippen LogP contribution in [0.1, 0.15) is 5.56 Å². The zero-order chi connectivity index (χ0) is 12.0. The van der Waals surface area contributed by atoms with Gasteiger partial charge in [0.15, 0.2) is 0 Å². The second-order valence-electron chi connectivity index (χ2n) is 3.29. The lowest BCUT2D eigenvalue weighted by atomic mass is 10.2. The fraction of sp³-hybridized carbons (Fsp3) is 0.182. The van der Waals surface area contributed by atoms with E-state index in [0.717, 1.165) is 0 Å². The minimum Gasteiger partial charge on any atom is -0.303 e. The second kappa shape index (κ2) is 5.65. The first-order valence-corrected chi connectivity index (χ1v) is 4.72. The standard InChI is InChI=1S/C11H13N3O2/c1-13(2)12-9-5-7-10-6-3-4-8-11(10)14(15)16/h3-9H,1-2H3/b7-5+,12-9-. The third-order valence-electron chi connectivity index (χ3n) is 1.79. The normalized spacial score (nSPS) is 11.1. The van der Waals surface area contributed by atoms with E-state index in [-0.39, 0.29) is 5.69 Å². The van der Waals surface area contributed by atoms with Crippen LogP contribution in [0.3, 0.4) is 0 Å². The van der Waals surface area contributed by atoms with E-state index in [0.29, 0.717) is 5.56 Å². The molecule has 16 heavy (non-hydrogen) atoms. The van der Waals surface area contributed by atoms with Crippen LogP contribution in [0, 0.1) is 10.1 Å². The molecular formula is C11H13N3O2. The van der Waals surface area contributed by atoms with E-state index < -0.39 is 4.92 Å². The summed E-state index contributed by atoms with van der Waals surface area (Å²) in [5.41, 5.74) is 0.662. The Morgan fingerprint density at radius 1 is 1.38 bits per heavy atom. The van der Waals surface area contributed by atoms with E-state index >= 15 is 0 Å². The third-order valence-corrected chi connectivity index (χ3v) is 1.79. The van der Waals surface area contributed by atoms with Gasteiger partial charge >= 0.3 is 0 Å². The predicted molar refractivity (Wildman–Crippen MR) is 64.3 cm³/mol. The van der Waals surface area contributed by atoms with Crippen LogP contribution in [0.4, 0.5) is 5.69 Å². The van der Waals surface area contributed by atoms with Gasteiger partial charge in [0, 0.05) is 26.4 Å². The number of rotatable bonds is 4. The van der Waals surface area contributed by atoms with Crippen molar-refractivity contribution >= 4 is 18.0 Å². The molecule has 0 saturated heterocycles. The Kier molecular flexibility index (Phi) is 4.20. The summed E-state index contributed by atoms with van der Waals surface area (Å²) in [5, 5.41) is 16.3. The highest BCUT2D eigenvalue weighted by molar-refractivity contribution is 5.79. The number of para-hydroxylation sites is 1. The molecule has 0 amide bonds. The van der Waals surface area contributed by atoms with Gasteiger partial charge in [0.25, 0.3) is 5.69 Å². The highest BCUT2D eigenvalue weighted by atomic mass is 16.6. The molecule has 1 aromatic rings. The number of allylic oxidation sites excluding steroid dienone is 1. The lowest BCUT2D eigenvalue weighted by Crippen LogP contribution is -2.00. The van der Waals surface area contributed by atoms with Crippen LogP contribution in [0.15, 0.2) is 35.4 Å². The van der Waals surface area contributed by atoms with E-state index in [1.54, 1.807) is 55.7 Å². The van der Waals surface area contributed by atoms with E-state index in [1.807, 2.05) is 0 Å². The molecule has 1 aromatic carbocycles. The van der Waals surface area contributed by atoms with E-state index in [4.69, 9.17) is 0 Å². The molecule has 0 unspecified atom stereocenters. The van der Waals surface area contributed by atoms with Crippen molar-refractivity contribution in [1.82, 2.24) is 5.01 Å². The number of nitro groups is 1. The molecule has 0 aromatic heterocycles. The van der Waals surface area contributed by atoms with E-state index in [2.05, 4.69) is 5.10 Å². The fourth-order valence-electron chi connectivity index (χ4n) is 1.11. The molecule has 0 spiro atoms. The zero-order valence-electron chi connectivity index (χ0n) is 9.20. The Hall–Kier alpha value is -2.17. The van der Waals surface area contributed by atoms with Gasteiger partial charge in [-0.3, -0.25) is 10.1 Å². The van der Waals surface area contributed by atoms with Crippen LogP contribution in [0.25, 0.3) is 6.08 Å². The molecule has 0 aliphatic heterocycles. The predicted octanol–water partition coefficient (Wildman–Crippen LogP) is 2.16. The van der Waals surface area contributed by atoms with Gasteiger partial charge < -0.3 is 5.01 Å². The van der Waals surface area contributed by atoms with Crippen LogP contribution in [0.2, 0.25) is 0 Å². The van der Waals surface area contributed by atoms with E-state index in [9.17, 15) is 10.1 Å². The Bertz CT molecular complexity index is 425. The smallest absolute Gasteiger partial charge is 0.276 e. The minimum atomic E-state index is -0.400. The molecule has 0 fully saturated rings. The lowest BCUT2D eigenvalue weighted by molar-refractivity contribution is -0.385. The average Bonchev–Trinajstić information content (AvgIpc) is 2.24. The fourth-order valence-corrected chi connectivity index (χ4v) is 1.11. The number of hydrazone groups is 1. The van der Waals surface area contributed by atoms with Gasteiger partial charge in [-0.1, -0.05) is 12.1 Å². The average molecular weight is 219 g/mol. The summed E-state index contributed by atoms with van der Waals surface area (Å²) >= 11 is 0. The number of hydrogen-bond acceptors (Lipinski definition) is 4. The molecule has 0 heterocycles. The van der Waals surface area contributed by atoms with Crippen molar-refractivity contribution in [2.45, 2.75) is 0 Å². The topological polar surface area (TPSA) is 58.7 Å². The number of hydrogen-bond donors (Lipinski definition) is 0. The molecule has 0 atom stereocenters. The first-order valence-electron chi connectivity index (χ1n) is 4.72. The van der Waals surface area contributed by atoms with Crippen molar-refractivity contribution in [3.63, 3.8) is 0 Å². The van der Waals surface area contributed by atoms with Gasteiger partial charge in [-0.25, -0.2) is 0 Å². The summed E-state index contributed by atoms with van der Waals surface area (Å²) in [5.74, 6) is 0. The Balaban J connectivity index is 2.85. The monoisotopic (exact) mass is 219 g/mol. The summed E-state index contributed by atoms with van der Waals surface area (Å²) in [6.45, 7) is 0. The van der Waals surface area contributed by atoms with Gasteiger partial charge in [0.2, 0.25) is 0 Å². The number of nitrogens with zero attached hydrogens (tertiary/aromatic N) is 3. The zero-order valence-corrected chi connectivity index (χ0v) is 9.20.